The lowest BCUT2D eigenvalue weighted by molar-refractivity contribution is -0.146. The number of nitrogens with zero attached hydrogens (tertiary/aromatic N) is 3. The SMILES string of the molecule is CN=[N+]=NCCC1(C(=O)N[C@@H](Cc2ccc(CC(=O)c3c(Cl)cccc3Cl)cc2)C(=O)OC)CCCC1. The number of carbonyl (C=O) groups is 3. The molecule has 8 nitrogen and oxygen atoms in total. The Kier molecular flexibility index (Phi) is 10.4. The van der Waals surface area contributed by atoms with Crippen LogP contribution in [0.2, 0.25) is 10.0 Å². The molecule has 0 radical (unpaired) electrons. The molecule has 0 unspecified atom stereocenters. The van der Waals surface area contributed by atoms with E-state index in [0.29, 0.717) is 28.6 Å². The summed E-state index contributed by atoms with van der Waals surface area (Å²) >= 11 is 12.3. The molecular weight excluding hydrogens is 515 g/mol. The summed E-state index contributed by atoms with van der Waals surface area (Å²) in [6.07, 6.45) is 4.31. The largest absolute Gasteiger partial charge is 0.467 e. The Hall–Kier alpha value is -3.06. The molecule has 1 atom stereocenters. The zero-order valence-electron chi connectivity index (χ0n) is 21.0. The van der Waals surface area contributed by atoms with Crippen LogP contribution in [0.4, 0.5) is 0 Å². The molecule has 37 heavy (non-hydrogen) atoms. The van der Waals surface area contributed by atoms with E-state index in [1.165, 1.54) is 7.11 Å². The van der Waals surface area contributed by atoms with Crippen molar-refractivity contribution in [3.63, 3.8) is 0 Å². The van der Waals surface area contributed by atoms with E-state index >= 15 is 0 Å². The van der Waals surface area contributed by atoms with Gasteiger partial charge in [-0.25, -0.2) is 4.79 Å². The summed E-state index contributed by atoms with van der Waals surface area (Å²) in [7, 11) is 2.84. The van der Waals surface area contributed by atoms with Crippen molar-refractivity contribution in [2.45, 2.75) is 51.0 Å². The second kappa shape index (κ2) is 13.5. The van der Waals surface area contributed by atoms with Gasteiger partial charge in [0.15, 0.2) is 5.78 Å². The van der Waals surface area contributed by atoms with Crippen LogP contribution in [0, 0.1) is 5.41 Å². The Bertz CT molecular complexity index is 1170. The second-order valence-electron chi connectivity index (χ2n) is 9.16. The summed E-state index contributed by atoms with van der Waals surface area (Å²) in [5.41, 5.74) is 1.32. The van der Waals surface area contributed by atoms with Crippen LogP contribution in [-0.4, -0.2) is 44.4 Å². The zero-order chi connectivity index (χ0) is 26.8. The van der Waals surface area contributed by atoms with Crippen molar-refractivity contribution >= 4 is 40.9 Å². The molecule has 0 heterocycles. The van der Waals surface area contributed by atoms with Crippen LogP contribution in [0.5, 0.6) is 0 Å². The average molecular weight is 546 g/mol. The van der Waals surface area contributed by atoms with Gasteiger partial charge < -0.3 is 10.1 Å². The standard InChI is InChI=1S/C27H30Cl2N4O4/c1-30-33-31-15-14-27(12-3-4-13-27)26(36)32-22(25(35)37-2)16-18-8-10-19(11-9-18)17-23(34)24-20(28)6-5-7-21(24)29/h5-11,22H,3-4,12-17H2,1-2H3/p+1/t22-/m0/s1. The minimum atomic E-state index is -0.836. The fraction of sp³-hybridized carbons (Fsp3) is 0.444. The third-order valence-electron chi connectivity index (χ3n) is 6.75. The van der Waals surface area contributed by atoms with E-state index in [4.69, 9.17) is 27.9 Å². The minimum absolute atomic E-state index is 0.131. The van der Waals surface area contributed by atoms with Crippen LogP contribution in [0.1, 0.15) is 53.6 Å². The first-order chi connectivity index (χ1) is 17.8. The molecule has 10 heteroatoms. The van der Waals surface area contributed by atoms with Crippen molar-refractivity contribution < 1.29 is 19.1 Å². The van der Waals surface area contributed by atoms with Crippen LogP contribution in [0.25, 0.3) is 0 Å². The van der Waals surface area contributed by atoms with E-state index in [-0.39, 0.29) is 24.5 Å². The van der Waals surface area contributed by atoms with Gasteiger partial charge in [-0.05, 0) is 42.5 Å². The molecule has 0 aromatic heterocycles. The van der Waals surface area contributed by atoms with Crippen LogP contribution < -0.4 is 10.2 Å². The molecule has 2 aromatic carbocycles. The molecule has 1 aliphatic carbocycles. The van der Waals surface area contributed by atoms with Gasteiger partial charge in [0.2, 0.25) is 10.8 Å². The average Bonchev–Trinajstić information content (AvgIpc) is 3.37. The van der Waals surface area contributed by atoms with Crippen LogP contribution >= 0.6 is 23.2 Å². The number of nitrogens with one attached hydrogen (secondary N) is 1. The van der Waals surface area contributed by atoms with Gasteiger partial charge in [0.05, 0.1) is 28.1 Å². The number of esters is 1. The maximum Gasteiger partial charge on any atom is 0.328 e. The first-order valence-electron chi connectivity index (χ1n) is 12.2. The Morgan fingerprint density at radius 1 is 1.05 bits per heavy atom. The molecule has 1 N–H and O–H groups in total. The smallest absolute Gasteiger partial charge is 0.328 e. The first-order valence-corrected chi connectivity index (χ1v) is 12.9. The Morgan fingerprint density at radius 3 is 2.27 bits per heavy atom. The topological polar surface area (TPSA) is 111 Å². The number of carbonyl (C=O) groups excluding carboxylic acids is 3. The van der Waals surface area contributed by atoms with Gasteiger partial charge in [-0.1, -0.05) is 66.4 Å². The number of ketones is 1. The van der Waals surface area contributed by atoms with E-state index in [0.717, 1.165) is 36.8 Å². The number of methoxy groups -OCH3 is 1. The van der Waals surface area contributed by atoms with Crippen LogP contribution in [0.3, 0.4) is 0 Å². The van der Waals surface area contributed by atoms with E-state index < -0.39 is 17.4 Å². The fourth-order valence-electron chi connectivity index (χ4n) is 4.73. The molecule has 0 saturated heterocycles. The zero-order valence-corrected chi connectivity index (χ0v) is 22.5. The maximum atomic E-state index is 13.3. The van der Waals surface area contributed by atoms with Gasteiger partial charge in [-0.3, -0.25) is 9.59 Å². The molecule has 3 rings (SSSR count). The van der Waals surface area contributed by atoms with Gasteiger partial charge in [-0.2, -0.15) is 0 Å². The molecule has 0 aliphatic heterocycles. The third-order valence-corrected chi connectivity index (χ3v) is 7.38. The lowest BCUT2D eigenvalue weighted by Crippen LogP contribution is -2.49. The highest BCUT2D eigenvalue weighted by molar-refractivity contribution is 6.39. The fourth-order valence-corrected chi connectivity index (χ4v) is 5.34. The monoisotopic (exact) mass is 545 g/mol. The Labute approximate surface area is 226 Å². The summed E-state index contributed by atoms with van der Waals surface area (Å²) in [5, 5.41) is 11.1. The number of rotatable bonds is 11. The highest BCUT2D eigenvalue weighted by Crippen LogP contribution is 2.41. The summed E-state index contributed by atoms with van der Waals surface area (Å²) in [4.78, 5) is 42.3. The molecule has 1 aliphatic rings. The number of hydrogen-bond acceptors (Lipinski definition) is 6. The highest BCUT2D eigenvalue weighted by atomic mass is 35.5. The number of hydrogen-bond donors (Lipinski definition) is 1. The van der Waals surface area contributed by atoms with E-state index in [1.54, 1.807) is 25.2 Å². The van der Waals surface area contributed by atoms with Gasteiger partial charge in [0.1, 0.15) is 29.9 Å². The van der Waals surface area contributed by atoms with Crippen LogP contribution in [-0.2, 0) is 27.2 Å². The number of benzene rings is 2. The van der Waals surface area contributed by atoms with Gasteiger partial charge in [-0.15, -0.1) is 0 Å². The quantitative estimate of drug-likeness (QED) is 0.181. The molecule has 0 bridgehead atoms. The van der Waals surface area contributed by atoms with Gasteiger partial charge >= 0.3 is 5.97 Å². The van der Waals surface area contributed by atoms with E-state index in [9.17, 15) is 14.4 Å². The Balaban J connectivity index is 1.68. The van der Waals surface area contributed by atoms with Crippen molar-refractivity contribution in [2.24, 2.45) is 15.6 Å². The number of Topliss-reactive ketones (excluding diaryl/α,β-unsaturated/α-hetero) is 1. The lowest BCUT2D eigenvalue weighted by Gasteiger charge is -2.28. The number of amides is 1. The molecule has 2 aromatic rings. The molecular formula is C27H31Cl2N4O4+. The molecule has 196 valence electrons. The molecule has 0 spiro atoms. The first kappa shape index (κ1) is 28.5. The maximum absolute atomic E-state index is 13.3. The summed E-state index contributed by atoms with van der Waals surface area (Å²) in [6, 6.07) is 11.4. The lowest BCUT2D eigenvalue weighted by atomic mass is 9.81. The number of halogens is 2. The van der Waals surface area contributed by atoms with Gasteiger partial charge in [0.25, 0.3) is 0 Å². The number of ether oxygens (including phenoxy) is 1. The summed E-state index contributed by atoms with van der Waals surface area (Å²) in [5.74, 6) is -0.862. The summed E-state index contributed by atoms with van der Waals surface area (Å²) in [6.45, 7) is 0.396. The van der Waals surface area contributed by atoms with Crippen LogP contribution in [0.15, 0.2) is 52.7 Å². The molecule has 1 amide bonds. The van der Waals surface area contributed by atoms with Crippen molar-refractivity contribution in [1.29, 1.82) is 0 Å². The minimum Gasteiger partial charge on any atom is -0.467 e. The van der Waals surface area contributed by atoms with E-state index in [1.807, 2.05) is 24.3 Å². The highest BCUT2D eigenvalue weighted by Gasteiger charge is 2.42. The third kappa shape index (κ3) is 7.48. The van der Waals surface area contributed by atoms with Gasteiger partial charge in [0, 0.05) is 12.8 Å². The summed E-state index contributed by atoms with van der Waals surface area (Å²) < 4.78 is 4.97. The predicted molar refractivity (Wildman–Crippen MR) is 142 cm³/mol. The normalized spacial score (nSPS) is 14.8. The van der Waals surface area contributed by atoms with Crippen molar-refractivity contribution in [3.8, 4) is 0 Å². The Morgan fingerprint density at radius 2 is 1.68 bits per heavy atom. The second-order valence-corrected chi connectivity index (χ2v) is 9.97. The van der Waals surface area contributed by atoms with Crippen molar-refractivity contribution in [2.75, 3.05) is 20.7 Å². The van der Waals surface area contributed by atoms with Crippen molar-refractivity contribution in [3.05, 3.63) is 69.2 Å². The van der Waals surface area contributed by atoms with Crippen molar-refractivity contribution in [1.82, 2.24) is 10.2 Å². The molecule has 1 fully saturated rings. The van der Waals surface area contributed by atoms with E-state index in [2.05, 4.69) is 20.5 Å². The molecule has 1 saturated carbocycles. The predicted octanol–water partition coefficient (Wildman–Crippen LogP) is 5.17.